The number of hydrogen-bond donors (Lipinski definition) is 1. The van der Waals surface area contributed by atoms with Gasteiger partial charge in [-0.25, -0.2) is 0 Å². The van der Waals surface area contributed by atoms with Crippen LogP contribution >= 0.6 is 0 Å². The van der Waals surface area contributed by atoms with Gasteiger partial charge in [-0.1, -0.05) is 12.5 Å². The van der Waals surface area contributed by atoms with Crippen molar-refractivity contribution >= 4 is 0 Å². The topological polar surface area (TPSA) is 44.5 Å². The van der Waals surface area contributed by atoms with Gasteiger partial charge in [0.1, 0.15) is 17.6 Å². The largest absolute Gasteiger partial charge is 0.494 e. The van der Waals surface area contributed by atoms with Crippen LogP contribution in [0.15, 0.2) is 24.3 Å². The van der Waals surface area contributed by atoms with Gasteiger partial charge in [0.15, 0.2) is 0 Å². The van der Waals surface area contributed by atoms with E-state index >= 15 is 0 Å². The van der Waals surface area contributed by atoms with Gasteiger partial charge in [0, 0.05) is 12.1 Å². The zero-order valence-corrected chi connectivity index (χ0v) is 10.4. The number of hydrogen-bond acceptors (Lipinski definition) is 3. The first-order chi connectivity index (χ1) is 8.29. The Kier molecular flexibility index (Phi) is 4.26. The van der Waals surface area contributed by atoms with Gasteiger partial charge < -0.3 is 15.2 Å². The summed E-state index contributed by atoms with van der Waals surface area (Å²) in [5.41, 5.74) is 6.07. The molecule has 17 heavy (non-hydrogen) atoms. The normalized spacial score (nSPS) is 24.4. The minimum atomic E-state index is 0.153. The van der Waals surface area contributed by atoms with Gasteiger partial charge in [-0.3, -0.25) is 0 Å². The third-order valence-corrected chi connectivity index (χ3v) is 3.16. The summed E-state index contributed by atoms with van der Waals surface area (Å²) in [6.07, 6.45) is 4.71. The molecular formula is C14H21NO2. The molecule has 1 aliphatic carbocycles. The second kappa shape index (κ2) is 5.92. The molecule has 0 heterocycles. The SMILES string of the molecule is CCOc1cccc(OC2CCCCC2N)c1. The maximum atomic E-state index is 6.07. The van der Waals surface area contributed by atoms with Crippen molar-refractivity contribution in [2.45, 2.75) is 44.8 Å². The highest BCUT2D eigenvalue weighted by molar-refractivity contribution is 5.33. The van der Waals surface area contributed by atoms with Gasteiger partial charge >= 0.3 is 0 Å². The maximum Gasteiger partial charge on any atom is 0.123 e. The Morgan fingerprint density at radius 2 is 2.00 bits per heavy atom. The Balaban J connectivity index is 1.99. The Morgan fingerprint density at radius 3 is 2.76 bits per heavy atom. The fourth-order valence-corrected chi connectivity index (χ4v) is 2.25. The summed E-state index contributed by atoms with van der Waals surface area (Å²) in [6.45, 7) is 2.65. The molecule has 1 saturated carbocycles. The summed E-state index contributed by atoms with van der Waals surface area (Å²) in [4.78, 5) is 0. The Bertz CT molecular complexity index is 354. The predicted molar refractivity (Wildman–Crippen MR) is 68.5 cm³/mol. The highest BCUT2D eigenvalue weighted by Gasteiger charge is 2.23. The molecule has 2 atom stereocenters. The average Bonchev–Trinajstić information content (AvgIpc) is 2.33. The van der Waals surface area contributed by atoms with E-state index in [0.717, 1.165) is 24.3 Å². The van der Waals surface area contributed by atoms with Crippen molar-refractivity contribution in [3.8, 4) is 11.5 Å². The standard InChI is InChI=1S/C14H21NO2/c1-2-16-11-6-5-7-12(10-11)17-14-9-4-3-8-13(14)15/h5-7,10,13-14H,2-4,8-9,15H2,1H3. The van der Waals surface area contributed by atoms with Crippen molar-refractivity contribution < 1.29 is 9.47 Å². The van der Waals surface area contributed by atoms with Crippen LogP contribution in [-0.2, 0) is 0 Å². The summed E-state index contributed by atoms with van der Waals surface area (Å²) in [5, 5.41) is 0. The van der Waals surface area contributed by atoms with Crippen LogP contribution in [0.5, 0.6) is 11.5 Å². The van der Waals surface area contributed by atoms with Gasteiger partial charge in [0.25, 0.3) is 0 Å². The number of nitrogens with two attached hydrogens (primary N) is 1. The van der Waals surface area contributed by atoms with Crippen LogP contribution in [0.3, 0.4) is 0 Å². The lowest BCUT2D eigenvalue weighted by molar-refractivity contribution is 0.132. The van der Waals surface area contributed by atoms with Crippen molar-refractivity contribution in [2.24, 2.45) is 5.73 Å². The van der Waals surface area contributed by atoms with Gasteiger partial charge in [0.2, 0.25) is 0 Å². The van der Waals surface area contributed by atoms with E-state index in [1.165, 1.54) is 12.8 Å². The summed E-state index contributed by atoms with van der Waals surface area (Å²) in [6, 6.07) is 7.96. The predicted octanol–water partition coefficient (Wildman–Crippen LogP) is 2.73. The van der Waals surface area contributed by atoms with Gasteiger partial charge in [-0.15, -0.1) is 0 Å². The monoisotopic (exact) mass is 235 g/mol. The molecule has 0 bridgehead atoms. The molecule has 0 aromatic heterocycles. The molecule has 94 valence electrons. The molecule has 1 aromatic carbocycles. The minimum Gasteiger partial charge on any atom is -0.494 e. The molecule has 0 spiro atoms. The molecule has 3 heteroatoms. The fraction of sp³-hybridized carbons (Fsp3) is 0.571. The van der Waals surface area contributed by atoms with Crippen LogP contribution in [-0.4, -0.2) is 18.8 Å². The highest BCUT2D eigenvalue weighted by Crippen LogP contribution is 2.25. The summed E-state index contributed by atoms with van der Waals surface area (Å²) in [7, 11) is 0. The summed E-state index contributed by atoms with van der Waals surface area (Å²) < 4.78 is 11.4. The van der Waals surface area contributed by atoms with Crippen LogP contribution in [0, 0.1) is 0 Å². The molecule has 0 saturated heterocycles. The van der Waals surface area contributed by atoms with E-state index in [-0.39, 0.29) is 12.1 Å². The average molecular weight is 235 g/mol. The fourth-order valence-electron chi connectivity index (χ4n) is 2.25. The van der Waals surface area contributed by atoms with Gasteiger partial charge in [-0.05, 0) is 38.3 Å². The molecule has 1 fully saturated rings. The minimum absolute atomic E-state index is 0.153. The Morgan fingerprint density at radius 1 is 1.24 bits per heavy atom. The lowest BCUT2D eigenvalue weighted by atomic mass is 9.93. The van der Waals surface area contributed by atoms with Crippen LogP contribution in [0.4, 0.5) is 0 Å². The molecule has 0 amide bonds. The lowest BCUT2D eigenvalue weighted by Gasteiger charge is -2.29. The smallest absolute Gasteiger partial charge is 0.123 e. The molecule has 0 radical (unpaired) electrons. The van der Waals surface area contributed by atoms with E-state index < -0.39 is 0 Å². The van der Waals surface area contributed by atoms with Crippen LogP contribution in [0.2, 0.25) is 0 Å². The van der Waals surface area contributed by atoms with Crippen molar-refractivity contribution in [3.05, 3.63) is 24.3 Å². The van der Waals surface area contributed by atoms with E-state index in [4.69, 9.17) is 15.2 Å². The highest BCUT2D eigenvalue weighted by atomic mass is 16.5. The molecule has 0 aliphatic heterocycles. The molecular weight excluding hydrogens is 214 g/mol. The lowest BCUT2D eigenvalue weighted by Crippen LogP contribution is -2.41. The van der Waals surface area contributed by atoms with Crippen molar-refractivity contribution in [2.75, 3.05) is 6.61 Å². The van der Waals surface area contributed by atoms with Crippen molar-refractivity contribution in [1.29, 1.82) is 0 Å². The third-order valence-electron chi connectivity index (χ3n) is 3.16. The van der Waals surface area contributed by atoms with E-state index in [2.05, 4.69) is 0 Å². The first-order valence-corrected chi connectivity index (χ1v) is 6.44. The van der Waals surface area contributed by atoms with E-state index in [0.29, 0.717) is 6.61 Å². The van der Waals surface area contributed by atoms with E-state index in [1.54, 1.807) is 0 Å². The van der Waals surface area contributed by atoms with Crippen molar-refractivity contribution in [3.63, 3.8) is 0 Å². The van der Waals surface area contributed by atoms with Crippen molar-refractivity contribution in [1.82, 2.24) is 0 Å². The second-order valence-corrected chi connectivity index (χ2v) is 4.51. The van der Waals surface area contributed by atoms with Gasteiger partial charge in [0.05, 0.1) is 6.61 Å². The molecule has 2 unspecified atom stereocenters. The number of benzene rings is 1. The molecule has 3 nitrogen and oxygen atoms in total. The first-order valence-electron chi connectivity index (χ1n) is 6.44. The van der Waals surface area contributed by atoms with Crippen LogP contribution in [0.25, 0.3) is 0 Å². The quantitative estimate of drug-likeness (QED) is 0.872. The maximum absolute atomic E-state index is 6.07. The first kappa shape index (κ1) is 12.2. The molecule has 2 rings (SSSR count). The summed E-state index contributed by atoms with van der Waals surface area (Å²) >= 11 is 0. The Labute approximate surface area is 103 Å². The summed E-state index contributed by atoms with van der Waals surface area (Å²) in [5.74, 6) is 1.72. The van der Waals surface area contributed by atoms with Crippen LogP contribution in [0.1, 0.15) is 32.6 Å². The van der Waals surface area contributed by atoms with Gasteiger partial charge in [-0.2, -0.15) is 0 Å². The zero-order chi connectivity index (χ0) is 12.1. The molecule has 1 aliphatic rings. The second-order valence-electron chi connectivity index (χ2n) is 4.51. The third kappa shape index (κ3) is 3.37. The number of ether oxygens (including phenoxy) is 2. The van der Waals surface area contributed by atoms with Crippen LogP contribution < -0.4 is 15.2 Å². The van der Waals surface area contributed by atoms with E-state index in [1.807, 2.05) is 31.2 Å². The van der Waals surface area contributed by atoms with E-state index in [9.17, 15) is 0 Å². The zero-order valence-electron chi connectivity index (χ0n) is 10.4. The molecule has 2 N–H and O–H groups in total. The Hall–Kier alpha value is -1.22. The molecule has 1 aromatic rings. The number of rotatable bonds is 4.